The third-order valence-corrected chi connectivity index (χ3v) is 3.27. The first-order valence-electron chi connectivity index (χ1n) is 6.99. The molecule has 0 N–H and O–H groups in total. The van der Waals surface area contributed by atoms with Gasteiger partial charge >= 0.3 is 6.09 Å². The summed E-state index contributed by atoms with van der Waals surface area (Å²) in [6.45, 7) is 0.378. The molecule has 124 valence electrons. The molecule has 0 fully saturated rings. The smallest absolute Gasteiger partial charge is 0.419 e. The zero-order valence-corrected chi connectivity index (χ0v) is 13.2. The molecule has 0 saturated heterocycles. The molecule has 10 heteroatoms. The summed E-state index contributed by atoms with van der Waals surface area (Å²) >= 11 is 5.84. The second-order valence-electron chi connectivity index (χ2n) is 4.77. The minimum Gasteiger partial charge on any atom is -0.490 e. The molecule has 1 atom stereocenters. The van der Waals surface area contributed by atoms with Crippen molar-refractivity contribution >= 4 is 17.7 Å². The minimum atomic E-state index is -0.598. The molecule has 1 unspecified atom stereocenters. The molecule has 2 aromatic heterocycles. The first kappa shape index (κ1) is 15.9. The molecule has 2 heterocycles. The summed E-state index contributed by atoms with van der Waals surface area (Å²) < 4.78 is 13.8. The van der Waals surface area contributed by atoms with Crippen molar-refractivity contribution in [1.29, 1.82) is 0 Å². The van der Waals surface area contributed by atoms with E-state index in [4.69, 9.17) is 21.1 Å². The van der Waals surface area contributed by atoms with E-state index in [1.807, 2.05) is 0 Å². The van der Waals surface area contributed by atoms with E-state index in [-0.39, 0.29) is 13.2 Å². The fourth-order valence-electron chi connectivity index (χ4n) is 1.89. The number of carbonyl (C=O) groups is 1. The first-order chi connectivity index (χ1) is 11.7. The van der Waals surface area contributed by atoms with Gasteiger partial charge in [0.15, 0.2) is 6.10 Å². The van der Waals surface area contributed by atoms with Crippen molar-refractivity contribution in [3.63, 3.8) is 0 Å². The van der Waals surface area contributed by atoms with E-state index in [1.54, 1.807) is 24.3 Å². The Bertz CT molecular complexity index is 760. The minimum absolute atomic E-state index is 0.127. The van der Waals surface area contributed by atoms with E-state index in [0.29, 0.717) is 10.8 Å². The van der Waals surface area contributed by atoms with Crippen LogP contribution in [0.25, 0.3) is 0 Å². The lowest BCUT2D eigenvalue weighted by molar-refractivity contribution is 0.0535. The maximum Gasteiger partial charge on any atom is 0.419 e. The highest BCUT2D eigenvalue weighted by atomic mass is 35.5. The van der Waals surface area contributed by atoms with Gasteiger partial charge in [-0.15, -0.1) is 5.10 Å². The molecule has 3 aromatic rings. The highest BCUT2D eigenvalue weighted by molar-refractivity contribution is 6.30. The van der Waals surface area contributed by atoms with E-state index < -0.39 is 12.2 Å². The summed E-state index contributed by atoms with van der Waals surface area (Å²) in [6.07, 6.45) is 4.61. The van der Waals surface area contributed by atoms with Crippen LogP contribution in [0.5, 0.6) is 5.75 Å². The van der Waals surface area contributed by atoms with Gasteiger partial charge in [-0.1, -0.05) is 11.6 Å². The monoisotopic (exact) mass is 348 g/mol. The summed E-state index contributed by atoms with van der Waals surface area (Å²) in [5, 5.41) is 11.5. The molecule has 0 amide bonds. The Morgan fingerprint density at radius 1 is 1.25 bits per heavy atom. The number of aromatic nitrogens is 6. The Kier molecular flexibility index (Phi) is 5.02. The van der Waals surface area contributed by atoms with Crippen LogP contribution >= 0.6 is 11.6 Å². The molecule has 0 spiro atoms. The van der Waals surface area contributed by atoms with Crippen molar-refractivity contribution in [3.8, 4) is 5.75 Å². The van der Waals surface area contributed by atoms with Crippen LogP contribution in [-0.2, 0) is 11.3 Å². The van der Waals surface area contributed by atoms with Crippen molar-refractivity contribution in [2.75, 3.05) is 6.61 Å². The van der Waals surface area contributed by atoms with E-state index in [2.05, 4.69) is 20.5 Å². The number of hydrogen-bond donors (Lipinski definition) is 0. The third kappa shape index (κ3) is 4.29. The van der Waals surface area contributed by atoms with Gasteiger partial charge in [0, 0.05) is 17.4 Å². The predicted octanol–water partition coefficient (Wildman–Crippen LogP) is 1.66. The lowest BCUT2D eigenvalue weighted by atomic mass is 10.3. The number of rotatable bonds is 6. The number of ether oxygens (including phenoxy) is 2. The number of hydrogen-bond acceptors (Lipinski definition) is 7. The molecule has 1 aromatic carbocycles. The average Bonchev–Trinajstić information content (AvgIpc) is 3.27. The van der Waals surface area contributed by atoms with Crippen molar-refractivity contribution in [2.24, 2.45) is 0 Å². The molecule has 24 heavy (non-hydrogen) atoms. The number of imidazole rings is 1. The van der Waals surface area contributed by atoms with Gasteiger partial charge in [0.25, 0.3) is 0 Å². The zero-order valence-electron chi connectivity index (χ0n) is 12.4. The third-order valence-electron chi connectivity index (χ3n) is 3.01. The van der Waals surface area contributed by atoms with Gasteiger partial charge < -0.3 is 9.47 Å². The number of nitrogens with zero attached hydrogens (tertiary/aromatic N) is 6. The summed E-state index contributed by atoms with van der Waals surface area (Å²) in [6, 6.07) is 6.89. The number of tetrazole rings is 1. The topological polar surface area (TPSA) is 97.0 Å². The Labute approximate surface area is 141 Å². The van der Waals surface area contributed by atoms with Crippen molar-refractivity contribution < 1.29 is 14.3 Å². The lowest BCUT2D eigenvalue weighted by Crippen LogP contribution is -2.31. The van der Waals surface area contributed by atoms with Crippen LogP contribution in [0.15, 0.2) is 49.3 Å². The molecule has 9 nitrogen and oxygen atoms in total. The van der Waals surface area contributed by atoms with Gasteiger partial charge in [-0.3, -0.25) is 0 Å². The maximum absolute atomic E-state index is 12.1. The quantitative estimate of drug-likeness (QED) is 0.668. The highest BCUT2D eigenvalue weighted by Crippen LogP contribution is 2.16. The van der Waals surface area contributed by atoms with Crippen molar-refractivity contribution in [3.05, 3.63) is 54.3 Å². The lowest BCUT2D eigenvalue weighted by Gasteiger charge is -2.18. The van der Waals surface area contributed by atoms with Crippen LogP contribution in [-0.4, -0.2) is 48.6 Å². The zero-order chi connectivity index (χ0) is 16.8. The number of halogens is 1. The van der Waals surface area contributed by atoms with Crippen LogP contribution in [0, 0.1) is 0 Å². The van der Waals surface area contributed by atoms with Crippen LogP contribution in [0.3, 0.4) is 0 Å². The van der Waals surface area contributed by atoms with Gasteiger partial charge in [-0.05, 0) is 34.7 Å². The van der Waals surface area contributed by atoms with Crippen molar-refractivity contribution in [2.45, 2.75) is 12.6 Å². The van der Waals surface area contributed by atoms with Crippen LogP contribution in [0.1, 0.15) is 0 Å². The Morgan fingerprint density at radius 3 is 2.75 bits per heavy atom. The molecule has 0 bridgehead atoms. The second-order valence-corrected chi connectivity index (χ2v) is 5.21. The molecule has 0 aliphatic heterocycles. The van der Waals surface area contributed by atoms with E-state index >= 15 is 0 Å². The molecule has 0 radical (unpaired) electrons. The number of carbonyl (C=O) groups excluding carboxylic acids is 1. The van der Waals surface area contributed by atoms with Crippen LogP contribution in [0.2, 0.25) is 5.02 Å². The Hall–Kier alpha value is -2.94. The number of benzene rings is 1. The van der Waals surface area contributed by atoms with E-state index in [1.165, 1.54) is 34.3 Å². The van der Waals surface area contributed by atoms with Gasteiger partial charge in [0.05, 0.1) is 6.54 Å². The summed E-state index contributed by atoms with van der Waals surface area (Å²) in [5.74, 6) is 0.611. The van der Waals surface area contributed by atoms with Gasteiger partial charge in [-0.2, -0.15) is 0 Å². The molecular weight excluding hydrogens is 336 g/mol. The van der Waals surface area contributed by atoms with Crippen LogP contribution in [0.4, 0.5) is 4.79 Å². The standard InChI is InChI=1S/C14H13ClN6O3/c15-11-1-3-12(4-2-11)23-8-13(7-21-10-17-18-19-21)24-14(22)20-6-5-16-9-20/h1-6,9-10,13H,7-8H2. The SMILES string of the molecule is O=C(OC(COc1ccc(Cl)cc1)Cn1cnnn1)n1ccnc1. The molecule has 0 saturated carbocycles. The Morgan fingerprint density at radius 2 is 2.08 bits per heavy atom. The van der Waals surface area contributed by atoms with Gasteiger partial charge in [-0.25, -0.2) is 19.0 Å². The fourth-order valence-corrected chi connectivity index (χ4v) is 2.01. The normalized spacial score (nSPS) is 11.9. The molecule has 0 aliphatic carbocycles. The van der Waals surface area contributed by atoms with E-state index in [9.17, 15) is 4.79 Å². The summed E-state index contributed by atoms with van der Waals surface area (Å²) in [4.78, 5) is 15.9. The summed E-state index contributed by atoms with van der Waals surface area (Å²) in [7, 11) is 0. The second kappa shape index (κ2) is 7.55. The first-order valence-corrected chi connectivity index (χ1v) is 7.36. The fraction of sp³-hybridized carbons (Fsp3) is 0.214. The maximum atomic E-state index is 12.1. The molecule has 3 rings (SSSR count). The average molecular weight is 349 g/mol. The summed E-state index contributed by atoms with van der Waals surface area (Å²) in [5.41, 5.74) is 0. The van der Waals surface area contributed by atoms with E-state index in [0.717, 1.165) is 0 Å². The van der Waals surface area contributed by atoms with Gasteiger partial charge in [0.1, 0.15) is 25.0 Å². The largest absolute Gasteiger partial charge is 0.490 e. The van der Waals surface area contributed by atoms with Crippen LogP contribution < -0.4 is 4.74 Å². The van der Waals surface area contributed by atoms with Gasteiger partial charge in [0.2, 0.25) is 0 Å². The Balaban J connectivity index is 1.64. The molecule has 0 aliphatic rings. The van der Waals surface area contributed by atoms with Crippen molar-refractivity contribution in [1.82, 2.24) is 29.8 Å². The molecular formula is C14H13ClN6O3. The predicted molar refractivity (Wildman–Crippen MR) is 82.7 cm³/mol. The highest BCUT2D eigenvalue weighted by Gasteiger charge is 2.18.